The van der Waals surface area contributed by atoms with Crippen molar-refractivity contribution in [3.05, 3.63) is 59.9 Å². The van der Waals surface area contributed by atoms with Gasteiger partial charge in [0, 0.05) is 42.3 Å². The number of benzene rings is 1. The molecular formula is C21H19N7O. The van der Waals surface area contributed by atoms with Crippen LogP contribution in [-0.4, -0.2) is 33.9 Å². The summed E-state index contributed by atoms with van der Waals surface area (Å²) in [4.78, 5) is 26.6. The minimum atomic E-state index is -0.479. The topological polar surface area (TPSA) is 121 Å². The molecule has 0 radical (unpaired) electrons. The highest BCUT2D eigenvalue weighted by atomic mass is 16.1. The number of aromatic nitrogens is 3. The molecule has 29 heavy (non-hydrogen) atoms. The SMILES string of the molecule is N#Cc1cc(-c2ccnc(Nc3ccc(C(N)=O)cc3)n2)cnc1N1CCCC1. The van der Waals surface area contributed by atoms with Crippen LogP contribution in [0.3, 0.4) is 0 Å². The molecule has 0 saturated carbocycles. The molecule has 8 nitrogen and oxygen atoms in total. The number of hydrogen-bond donors (Lipinski definition) is 2. The van der Waals surface area contributed by atoms with Crippen molar-refractivity contribution in [1.29, 1.82) is 5.26 Å². The van der Waals surface area contributed by atoms with Crippen molar-refractivity contribution in [1.82, 2.24) is 15.0 Å². The first-order valence-electron chi connectivity index (χ1n) is 9.29. The largest absolute Gasteiger partial charge is 0.366 e. The zero-order valence-corrected chi connectivity index (χ0v) is 15.7. The Morgan fingerprint density at radius 1 is 1.14 bits per heavy atom. The van der Waals surface area contributed by atoms with Gasteiger partial charge in [0.15, 0.2) is 0 Å². The van der Waals surface area contributed by atoms with Crippen LogP contribution in [0.5, 0.6) is 0 Å². The molecular weight excluding hydrogens is 366 g/mol. The summed E-state index contributed by atoms with van der Waals surface area (Å²) in [5.74, 6) is 0.653. The summed E-state index contributed by atoms with van der Waals surface area (Å²) in [5, 5.41) is 12.7. The lowest BCUT2D eigenvalue weighted by atomic mass is 10.1. The average molecular weight is 385 g/mol. The summed E-state index contributed by atoms with van der Waals surface area (Å²) in [6, 6.07) is 12.6. The van der Waals surface area contributed by atoms with Gasteiger partial charge in [-0.05, 0) is 49.2 Å². The van der Waals surface area contributed by atoms with Gasteiger partial charge >= 0.3 is 0 Å². The monoisotopic (exact) mass is 385 g/mol. The summed E-state index contributed by atoms with van der Waals surface area (Å²) < 4.78 is 0. The van der Waals surface area contributed by atoms with Gasteiger partial charge in [0.2, 0.25) is 11.9 Å². The molecule has 1 saturated heterocycles. The van der Waals surface area contributed by atoms with E-state index in [9.17, 15) is 10.1 Å². The van der Waals surface area contributed by atoms with E-state index >= 15 is 0 Å². The lowest BCUT2D eigenvalue weighted by molar-refractivity contribution is 0.100. The average Bonchev–Trinajstić information content (AvgIpc) is 3.28. The molecule has 0 unspecified atom stereocenters. The number of pyridine rings is 1. The fraction of sp³-hybridized carbons (Fsp3) is 0.190. The minimum Gasteiger partial charge on any atom is -0.366 e. The summed E-state index contributed by atoms with van der Waals surface area (Å²) >= 11 is 0. The van der Waals surface area contributed by atoms with Gasteiger partial charge in [-0.3, -0.25) is 4.79 Å². The molecule has 1 fully saturated rings. The molecule has 4 rings (SSSR count). The van der Waals surface area contributed by atoms with Crippen LogP contribution in [0.15, 0.2) is 48.8 Å². The first kappa shape index (κ1) is 18.4. The van der Waals surface area contributed by atoms with Crippen LogP contribution < -0.4 is 16.0 Å². The number of nitrogens with zero attached hydrogens (tertiary/aromatic N) is 5. The molecule has 8 heteroatoms. The lowest BCUT2D eigenvalue weighted by Gasteiger charge is -2.18. The summed E-state index contributed by atoms with van der Waals surface area (Å²) in [7, 11) is 0. The van der Waals surface area contributed by atoms with E-state index in [1.807, 2.05) is 6.07 Å². The highest BCUT2D eigenvalue weighted by Crippen LogP contribution is 2.26. The third-order valence-electron chi connectivity index (χ3n) is 4.77. The molecule has 2 aromatic heterocycles. The molecule has 3 aromatic rings. The Morgan fingerprint density at radius 2 is 1.90 bits per heavy atom. The second-order valence-electron chi connectivity index (χ2n) is 6.73. The molecule has 1 amide bonds. The van der Waals surface area contributed by atoms with E-state index in [-0.39, 0.29) is 0 Å². The van der Waals surface area contributed by atoms with Crippen LogP contribution in [0.2, 0.25) is 0 Å². The van der Waals surface area contributed by atoms with E-state index in [1.165, 1.54) is 0 Å². The number of anilines is 3. The van der Waals surface area contributed by atoms with Gasteiger partial charge in [0.1, 0.15) is 11.9 Å². The number of nitrogens with one attached hydrogen (secondary N) is 1. The number of nitriles is 1. The van der Waals surface area contributed by atoms with Gasteiger partial charge in [0.25, 0.3) is 0 Å². The zero-order chi connectivity index (χ0) is 20.2. The number of primary amides is 1. The van der Waals surface area contributed by atoms with Crippen molar-refractivity contribution < 1.29 is 4.79 Å². The van der Waals surface area contributed by atoms with E-state index in [0.717, 1.165) is 43.0 Å². The molecule has 1 aliphatic heterocycles. The van der Waals surface area contributed by atoms with Gasteiger partial charge in [0.05, 0.1) is 11.3 Å². The number of amides is 1. The Hall–Kier alpha value is -3.99. The maximum atomic E-state index is 11.2. The van der Waals surface area contributed by atoms with E-state index < -0.39 is 5.91 Å². The van der Waals surface area contributed by atoms with Crippen molar-refractivity contribution in [3.8, 4) is 17.3 Å². The maximum Gasteiger partial charge on any atom is 0.248 e. The minimum absolute atomic E-state index is 0.399. The van der Waals surface area contributed by atoms with Crippen LogP contribution in [0.1, 0.15) is 28.8 Å². The molecule has 1 aromatic carbocycles. The van der Waals surface area contributed by atoms with E-state index in [1.54, 1.807) is 42.7 Å². The van der Waals surface area contributed by atoms with Crippen molar-refractivity contribution in [2.24, 2.45) is 5.73 Å². The Labute approximate surface area is 168 Å². The molecule has 1 aliphatic rings. The summed E-state index contributed by atoms with van der Waals surface area (Å²) in [5.41, 5.74) is 8.37. The predicted molar refractivity (Wildman–Crippen MR) is 110 cm³/mol. The molecule has 3 N–H and O–H groups in total. The number of nitrogens with two attached hydrogens (primary N) is 1. The van der Waals surface area contributed by atoms with Gasteiger partial charge in [-0.2, -0.15) is 5.26 Å². The van der Waals surface area contributed by atoms with E-state index in [0.29, 0.717) is 22.8 Å². The maximum absolute atomic E-state index is 11.2. The zero-order valence-electron chi connectivity index (χ0n) is 15.7. The number of rotatable bonds is 5. The van der Waals surface area contributed by atoms with Gasteiger partial charge < -0.3 is 16.0 Å². The number of carbonyl (C=O) groups excluding carboxylic acids is 1. The molecule has 0 spiro atoms. The number of carbonyl (C=O) groups is 1. The second-order valence-corrected chi connectivity index (χ2v) is 6.73. The first-order chi connectivity index (χ1) is 14.1. The Bertz CT molecular complexity index is 1080. The van der Waals surface area contributed by atoms with Crippen LogP contribution in [0, 0.1) is 11.3 Å². The molecule has 0 bridgehead atoms. The van der Waals surface area contributed by atoms with E-state index in [4.69, 9.17) is 5.73 Å². The van der Waals surface area contributed by atoms with Gasteiger partial charge in [-0.25, -0.2) is 15.0 Å². The van der Waals surface area contributed by atoms with E-state index in [2.05, 4.69) is 31.2 Å². The molecule has 144 valence electrons. The summed E-state index contributed by atoms with van der Waals surface area (Å²) in [6.45, 7) is 1.86. The van der Waals surface area contributed by atoms with Crippen molar-refractivity contribution in [3.63, 3.8) is 0 Å². The lowest BCUT2D eigenvalue weighted by Crippen LogP contribution is -2.20. The van der Waals surface area contributed by atoms with Crippen molar-refractivity contribution >= 4 is 23.4 Å². The highest BCUT2D eigenvalue weighted by Gasteiger charge is 2.18. The summed E-state index contributed by atoms with van der Waals surface area (Å²) in [6.07, 6.45) is 5.62. The highest BCUT2D eigenvalue weighted by molar-refractivity contribution is 5.93. The van der Waals surface area contributed by atoms with Crippen LogP contribution in [0.25, 0.3) is 11.3 Å². The van der Waals surface area contributed by atoms with Crippen LogP contribution in [-0.2, 0) is 0 Å². The van der Waals surface area contributed by atoms with Gasteiger partial charge in [-0.15, -0.1) is 0 Å². The van der Waals surface area contributed by atoms with Gasteiger partial charge in [-0.1, -0.05) is 0 Å². The predicted octanol–water partition coefficient (Wildman–Crippen LogP) is 2.85. The molecule has 0 atom stereocenters. The number of hydrogen-bond acceptors (Lipinski definition) is 7. The van der Waals surface area contributed by atoms with Crippen molar-refractivity contribution in [2.75, 3.05) is 23.3 Å². The third-order valence-corrected chi connectivity index (χ3v) is 4.77. The Balaban J connectivity index is 1.58. The normalized spacial score (nSPS) is 13.1. The fourth-order valence-corrected chi connectivity index (χ4v) is 3.29. The van der Waals surface area contributed by atoms with Crippen LogP contribution >= 0.6 is 0 Å². The standard InChI is InChI=1S/C21H19N7O/c22-12-15-11-16(13-25-20(15)28-9-1-2-10-28)18-7-8-24-21(27-18)26-17-5-3-14(4-6-17)19(23)29/h3-8,11,13H,1-2,9-10H2,(H2,23,29)(H,24,26,27). The van der Waals surface area contributed by atoms with Crippen molar-refractivity contribution in [2.45, 2.75) is 12.8 Å². The smallest absolute Gasteiger partial charge is 0.248 e. The molecule has 3 heterocycles. The second kappa shape index (κ2) is 7.94. The Kier molecular flexibility index (Phi) is 5.03. The fourth-order valence-electron chi connectivity index (χ4n) is 3.29. The third kappa shape index (κ3) is 3.99. The van der Waals surface area contributed by atoms with Crippen LogP contribution in [0.4, 0.5) is 17.5 Å². The quantitative estimate of drug-likeness (QED) is 0.692. The molecule has 0 aliphatic carbocycles. The Morgan fingerprint density at radius 3 is 2.59 bits per heavy atom. The first-order valence-corrected chi connectivity index (χ1v) is 9.29.